The second-order valence-corrected chi connectivity index (χ2v) is 7.62. The van der Waals surface area contributed by atoms with Crippen molar-refractivity contribution in [1.82, 2.24) is 0 Å². The van der Waals surface area contributed by atoms with Crippen LogP contribution in [0.4, 0.5) is 11.4 Å². The Bertz CT molecular complexity index is 1030. The summed E-state index contributed by atoms with van der Waals surface area (Å²) in [7, 11) is 0. The molecule has 1 aliphatic heterocycles. The minimum absolute atomic E-state index is 0.0680. The topological polar surface area (TPSA) is 72.7 Å². The molecule has 0 saturated carbocycles. The molecule has 0 saturated heterocycles. The predicted octanol–water partition coefficient (Wildman–Crippen LogP) is 5.13. The Kier molecular flexibility index (Phi) is 5.23. The molecule has 6 heteroatoms. The van der Waals surface area contributed by atoms with Crippen molar-refractivity contribution in [3.05, 3.63) is 100 Å². The Morgan fingerprint density at radius 3 is 2.00 bits per heavy atom. The number of amides is 1. The standard InChI is InChI=1S/C24H22N2O4/c1-16(2)23-24(27)25(20-14-13-19(26(28)29)15-21(20)30-23)22(17-9-5-3-6-10-17)18-11-7-4-8-12-18/h3-16,22-23H,1-2H3. The van der Waals surface area contributed by atoms with Crippen LogP contribution in [0.1, 0.15) is 31.0 Å². The molecular weight excluding hydrogens is 380 g/mol. The van der Waals surface area contributed by atoms with Crippen LogP contribution >= 0.6 is 0 Å². The zero-order valence-corrected chi connectivity index (χ0v) is 16.8. The molecule has 1 aliphatic rings. The molecule has 6 nitrogen and oxygen atoms in total. The Hall–Kier alpha value is -3.67. The lowest BCUT2D eigenvalue weighted by molar-refractivity contribution is -0.384. The maximum Gasteiger partial charge on any atom is 0.273 e. The summed E-state index contributed by atoms with van der Waals surface area (Å²) in [4.78, 5) is 26.2. The van der Waals surface area contributed by atoms with Crippen molar-refractivity contribution >= 4 is 17.3 Å². The van der Waals surface area contributed by atoms with Gasteiger partial charge in [-0.2, -0.15) is 0 Å². The van der Waals surface area contributed by atoms with Gasteiger partial charge in [0.25, 0.3) is 11.6 Å². The number of non-ortho nitro benzene ring substituents is 1. The smallest absolute Gasteiger partial charge is 0.273 e. The molecule has 1 amide bonds. The second kappa shape index (κ2) is 7.99. The monoisotopic (exact) mass is 402 g/mol. The average molecular weight is 402 g/mol. The molecule has 1 unspecified atom stereocenters. The van der Waals surface area contributed by atoms with Gasteiger partial charge in [0.2, 0.25) is 0 Å². The van der Waals surface area contributed by atoms with E-state index >= 15 is 0 Å². The lowest BCUT2D eigenvalue weighted by Crippen LogP contribution is -2.50. The van der Waals surface area contributed by atoms with Crippen LogP contribution in [-0.4, -0.2) is 16.9 Å². The predicted molar refractivity (Wildman–Crippen MR) is 115 cm³/mol. The molecule has 0 aliphatic carbocycles. The highest BCUT2D eigenvalue weighted by molar-refractivity contribution is 6.01. The molecule has 30 heavy (non-hydrogen) atoms. The average Bonchev–Trinajstić information content (AvgIpc) is 2.76. The minimum atomic E-state index is -0.727. The van der Waals surface area contributed by atoms with E-state index in [9.17, 15) is 14.9 Å². The van der Waals surface area contributed by atoms with Gasteiger partial charge in [0.15, 0.2) is 11.9 Å². The number of fused-ring (bicyclic) bond motifs is 1. The van der Waals surface area contributed by atoms with Gasteiger partial charge in [0.05, 0.1) is 22.7 Å². The number of ether oxygens (including phenoxy) is 1. The number of nitro benzene ring substituents is 1. The van der Waals surface area contributed by atoms with Gasteiger partial charge >= 0.3 is 0 Å². The van der Waals surface area contributed by atoms with Crippen LogP contribution < -0.4 is 9.64 Å². The van der Waals surface area contributed by atoms with Crippen LogP contribution in [0.2, 0.25) is 0 Å². The van der Waals surface area contributed by atoms with E-state index in [0.29, 0.717) is 11.4 Å². The van der Waals surface area contributed by atoms with Crippen molar-refractivity contribution in [3.8, 4) is 5.75 Å². The van der Waals surface area contributed by atoms with E-state index < -0.39 is 11.0 Å². The minimum Gasteiger partial charge on any atom is -0.478 e. The first kappa shape index (κ1) is 19.6. The number of carbonyl (C=O) groups is 1. The van der Waals surface area contributed by atoms with E-state index in [2.05, 4.69) is 0 Å². The Balaban J connectivity index is 1.93. The highest BCUT2D eigenvalue weighted by Gasteiger charge is 2.41. The number of hydrogen-bond donors (Lipinski definition) is 0. The van der Waals surface area contributed by atoms with Crippen LogP contribution in [0.3, 0.4) is 0 Å². The Morgan fingerprint density at radius 2 is 1.50 bits per heavy atom. The van der Waals surface area contributed by atoms with Crippen molar-refractivity contribution in [2.24, 2.45) is 5.92 Å². The number of nitro groups is 1. The van der Waals surface area contributed by atoms with Crippen LogP contribution in [0.25, 0.3) is 0 Å². The summed E-state index contributed by atoms with van der Waals surface area (Å²) < 4.78 is 5.95. The van der Waals surface area contributed by atoms with Crippen LogP contribution in [-0.2, 0) is 4.79 Å². The molecule has 1 atom stereocenters. The fourth-order valence-electron chi connectivity index (χ4n) is 3.80. The highest BCUT2D eigenvalue weighted by Crippen LogP contribution is 2.44. The molecule has 0 spiro atoms. The van der Waals surface area contributed by atoms with Gasteiger partial charge in [-0.25, -0.2) is 0 Å². The molecule has 0 N–H and O–H groups in total. The van der Waals surface area contributed by atoms with Gasteiger partial charge in [0, 0.05) is 6.07 Å². The van der Waals surface area contributed by atoms with Crippen molar-refractivity contribution < 1.29 is 14.5 Å². The van der Waals surface area contributed by atoms with E-state index in [0.717, 1.165) is 11.1 Å². The van der Waals surface area contributed by atoms with E-state index in [1.165, 1.54) is 12.1 Å². The third-order valence-electron chi connectivity index (χ3n) is 5.24. The van der Waals surface area contributed by atoms with Gasteiger partial charge in [-0.3, -0.25) is 19.8 Å². The first-order valence-electron chi connectivity index (χ1n) is 9.85. The largest absolute Gasteiger partial charge is 0.478 e. The normalized spacial score (nSPS) is 15.8. The van der Waals surface area contributed by atoms with Crippen molar-refractivity contribution in [2.45, 2.75) is 26.0 Å². The third-order valence-corrected chi connectivity index (χ3v) is 5.24. The Morgan fingerprint density at radius 1 is 0.933 bits per heavy atom. The van der Waals surface area contributed by atoms with Crippen LogP contribution in [0.15, 0.2) is 78.9 Å². The van der Waals surface area contributed by atoms with Crippen molar-refractivity contribution in [2.75, 3.05) is 4.90 Å². The first-order chi connectivity index (χ1) is 14.5. The summed E-state index contributed by atoms with van der Waals surface area (Å²) in [6, 6.07) is 23.6. The Labute approximate surface area is 174 Å². The number of carbonyl (C=O) groups excluding carboxylic acids is 1. The van der Waals surface area contributed by atoms with Gasteiger partial charge in [-0.05, 0) is 23.1 Å². The van der Waals surface area contributed by atoms with E-state index in [1.807, 2.05) is 74.5 Å². The quantitative estimate of drug-likeness (QED) is 0.438. The molecular formula is C24H22N2O4. The number of rotatable bonds is 5. The van der Waals surface area contributed by atoms with Gasteiger partial charge in [-0.15, -0.1) is 0 Å². The first-order valence-corrected chi connectivity index (χ1v) is 9.85. The zero-order chi connectivity index (χ0) is 21.3. The van der Waals surface area contributed by atoms with Gasteiger partial charge in [0.1, 0.15) is 0 Å². The molecule has 4 rings (SSSR count). The van der Waals surface area contributed by atoms with Gasteiger partial charge in [-0.1, -0.05) is 74.5 Å². The van der Waals surface area contributed by atoms with E-state index in [4.69, 9.17) is 4.74 Å². The third kappa shape index (κ3) is 3.52. The molecule has 0 radical (unpaired) electrons. The number of hydrogen-bond acceptors (Lipinski definition) is 4. The van der Waals surface area contributed by atoms with E-state index in [-0.39, 0.29) is 23.6 Å². The second-order valence-electron chi connectivity index (χ2n) is 7.62. The maximum absolute atomic E-state index is 13.6. The van der Waals surface area contributed by atoms with Crippen LogP contribution in [0.5, 0.6) is 5.75 Å². The molecule has 152 valence electrons. The van der Waals surface area contributed by atoms with Gasteiger partial charge < -0.3 is 4.74 Å². The zero-order valence-electron chi connectivity index (χ0n) is 16.8. The molecule has 1 heterocycles. The highest BCUT2D eigenvalue weighted by atomic mass is 16.6. The maximum atomic E-state index is 13.6. The SMILES string of the molecule is CC(C)C1Oc2cc([N+](=O)[O-])ccc2N(C(c2ccccc2)c2ccccc2)C1=O. The number of benzene rings is 3. The molecule has 3 aromatic rings. The molecule has 3 aromatic carbocycles. The summed E-state index contributed by atoms with van der Waals surface area (Å²) >= 11 is 0. The number of anilines is 1. The lowest BCUT2D eigenvalue weighted by atomic mass is 9.93. The molecule has 0 bridgehead atoms. The fourth-order valence-corrected chi connectivity index (χ4v) is 3.80. The summed E-state index contributed by atoms with van der Waals surface area (Å²) in [6.45, 7) is 3.81. The fraction of sp³-hybridized carbons (Fsp3) is 0.208. The van der Waals surface area contributed by atoms with Crippen molar-refractivity contribution in [3.63, 3.8) is 0 Å². The summed E-state index contributed by atoms with van der Waals surface area (Å²) in [5, 5.41) is 11.3. The number of nitrogens with zero attached hydrogens (tertiary/aromatic N) is 2. The summed E-state index contributed by atoms with van der Waals surface area (Å²) in [6.07, 6.45) is -0.727. The summed E-state index contributed by atoms with van der Waals surface area (Å²) in [5.41, 5.74) is 2.36. The molecule has 0 aromatic heterocycles. The molecule has 0 fully saturated rings. The van der Waals surface area contributed by atoms with Crippen molar-refractivity contribution in [1.29, 1.82) is 0 Å². The lowest BCUT2D eigenvalue weighted by Gasteiger charge is -2.40. The summed E-state index contributed by atoms with van der Waals surface area (Å²) in [5.74, 6) is 0.0861. The van der Waals surface area contributed by atoms with E-state index in [1.54, 1.807) is 11.0 Å². The van der Waals surface area contributed by atoms with Crippen LogP contribution in [0, 0.1) is 16.0 Å².